The SMILES string of the molecule is CN(CC(CN/C=C\N)OC=O)c1ccc(N2CCCSCCC2)c(F)c1. The van der Waals surface area contributed by atoms with Crippen molar-refractivity contribution in [1.82, 2.24) is 5.32 Å². The second kappa shape index (κ2) is 11.6. The molecule has 0 aromatic heterocycles. The molecule has 1 aromatic rings. The Balaban J connectivity index is 2.02. The first-order valence-corrected chi connectivity index (χ1v) is 10.3. The molecule has 27 heavy (non-hydrogen) atoms. The van der Waals surface area contributed by atoms with E-state index < -0.39 is 0 Å². The minimum atomic E-state index is -0.377. The number of carbonyl (C=O) groups is 1. The van der Waals surface area contributed by atoms with E-state index in [9.17, 15) is 9.18 Å². The fourth-order valence-corrected chi connectivity index (χ4v) is 3.94. The van der Waals surface area contributed by atoms with Gasteiger partial charge in [-0.3, -0.25) is 4.79 Å². The van der Waals surface area contributed by atoms with Crippen LogP contribution in [0.4, 0.5) is 15.8 Å². The van der Waals surface area contributed by atoms with E-state index in [1.165, 1.54) is 6.20 Å². The number of ether oxygens (including phenoxy) is 1. The first kappa shape index (κ1) is 21.2. The average molecular weight is 397 g/mol. The Morgan fingerprint density at radius 1 is 1.41 bits per heavy atom. The van der Waals surface area contributed by atoms with E-state index in [1.54, 1.807) is 12.3 Å². The van der Waals surface area contributed by atoms with Gasteiger partial charge in [-0.2, -0.15) is 11.8 Å². The summed E-state index contributed by atoms with van der Waals surface area (Å²) >= 11 is 1.97. The van der Waals surface area contributed by atoms with E-state index in [4.69, 9.17) is 10.5 Å². The van der Waals surface area contributed by atoms with Crippen molar-refractivity contribution in [3.63, 3.8) is 0 Å². The van der Waals surface area contributed by atoms with Gasteiger partial charge in [0.05, 0.1) is 18.8 Å². The van der Waals surface area contributed by atoms with Crippen LogP contribution in [-0.4, -0.2) is 57.3 Å². The number of benzene rings is 1. The molecule has 0 saturated carbocycles. The van der Waals surface area contributed by atoms with Crippen LogP contribution in [0.25, 0.3) is 0 Å². The number of nitrogens with two attached hydrogens (primary N) is 1. The van der Waals surface area contributed by atoms with Crippen LogP contribution < -0.4 is 20.9 Å². The van der Waals surface area contributed by atoms with Gasteiger partial charge in [0.2, 0.25) is 0 Å². The summed E-state index contributed by atoms with van der Waals surface area (Å²) in [4.78, 5) is 14.7. The molecule has 1 unspecified atom stereocenters. The summed E-state index contributed by atoms with van der Waals surface area (Å²) in [6.45, 7) is 3.05. The predicted molar refractivity (Wildman–Crippen MR) is 111 cm³/mol. The van der Waals surface area contributed by atoms with Gasteiger partial charge in [0.25, 0.3) is 6.47 Å². The van der Waals surface area contributed by atoms with Gasteiger partial charge in [-0.15, -0.1) is 0 Å². The average Bonchev–Trinajstić information content (AvgIpc) is 2.62. The number of hydrogen-bond acceptors (Lipinski definition) is 7. The van der Waals surface area contributed by atoms with E-state index in [2.05, 4.69) is 10.2 Å². The normalized spacial score (nSPS) is 16.4. The van der Waals surface area contributed by atoms with E-state index in [1.807, 2.05) is 35.8 Å². The van der Waals surface area contributed by atoms with Crippen LogP contribution in [0.5, 0.6) is 0 Å². The minimum Gasteiger partial charge on any atom is -0.461 e. The molecule has 0 aliphatic carbocycles. The molecule has 2 rings (SSSR count). The highest BCUT2D eigenvalue weighted by molar-refractivity contribution is 7.99. The lowest BCUT2D eigenvalue weighted by atomic mass is 10.2. The molecule has 3 N–H and O–H groups in total. The van der Waals surface area contributed by atoms with Crippen LogP contribution in [0, 0.1) is 5.82 Å². The fourth-order valence-electron chi connectivity index (χ4n) is 3.07. The van der Waals surface area contributed by atoms with Crippen molar-refractivity contribution in [2.75, 3.05) is 54.5 Å². The zero-order valence-corrected chi connectivity index (χ0v) is 16.6. The molecule has 8 heteroatoms. The van der Waals surface area contributed by atoms with Gasteiger partial charge < -0.3 is 25.6 Å². The Kier molecular flexibility index (Phi) is 9.10. The number of thioether (sulfide) groups is 1. The van der Waals surface area contributed by atoms with Crippen molar-refractivity contribution >= 4 is 29.6 Å². The van der Waals surface area contributed by atoms with Crippen LogP contribution in [0.1, 0.15) is 12.8 Å². The maximum absolute atomic E-state index is 14.8. The van der Waals surface area contributed by atoms with Crippen LogP contribution in [0.2, 0.25) is 0 Å². The second-order valence-electron chi connectivity index (χ2n) is 6.44. The number of halogens is 1. The maximum atomic E-state index is 14.8. The number of rotatable bonds is 9. The maximum Gasteiger partial charge on any atom is 0.293 e. The van der Waals surface area contributed by atoms with E-state index in [-0.39, 0.29) is 11.9 Å². The Bertz CT molecular complexity index is 609. The fraction of sp³-hybridized carbons (Fsp3) is 0.526. The molecule has 6 nitrogen and oxygen atoms in total. The molecular formula is C19H29FN4O2S. The number of likely N-dealkylation sites (N-methyl/N-ethyl adjacent to an activating group) is 1. The van der Waals surface area contributed by atoms with Gasteiger partial charge in [-0.05, 0) is 42.5 Å². The summed E-state index contributed by atoms with van der Waals surface area (Å²) in [5, 5.41) is 2.95. The topological polar surface area (TPSA) is 70.8 Å². The number of hydrogen-bond donors (Lipinski definition) is 2. The molecule has 1 aliphatic rings. The van der Waals surface area contributed by atoms with E-state index in [0.717, 1.165) is 43.1 Å². The third-order valence-electron chi connectivity index (χ3n) is 4.43. The van der Waals surface area contributed by atoms with Gasteiger partial charge in [0, 0.05) is 38.2 Å². The molecular weight excluding hydrogens is 367 g/mol. The summed E-state index contributed by atoms with van der Waals surface area (Å²) in [6.07, 6.45) is 4.72. The Hall–Kier alpha value is -2.09. The van der Waals surface area contributed by atoms with E-state index >= 15 is 0 Å². The molecule has 1 fully saturated rings. The number of nitrogens with one attached hydrogen (secondary N) is 1. The minimum absolute atomic E-state index is 0.218. The quantitative estimate of drug-likeness (QED) is 0.620. The van der Waals surface area contributed by atoms with Gasteiger partial charge in [-0.1, -0.05) is 0 Å². The van der Waals surface area contributed by atoms with Crippen molar-refractivity contribution in [2.24, 2.45) is 5.73 Å². The number of carbonyl (C=O) groups excluding carboxylic acids is 1. The summed E-state index contributed by atoms with van der Waals surface area (Å²) in [6, 6.07) is 5.31. The van der Waals surface area contributed by atoms with Gasteiger partial charge in [0.1, 0.15) is 11.9 Å². The second-order valence-corrected chi connectivity index (χ2v) is 7.67. The third-order valence-corrected chi connectivity index (χ3v) is 5.59. The first-order valence-electron chi connectivity index (χ1n) is 9.18. The third kappa shape index (κ3) is 6.86. The molecule has 1 heterocycles. The number of nitrogens with zero attached hydrogens (tertiary/aromatic N) is 2. The Morgan fingerprint density at radius 3 is 2.78 bits per heavy atom. The molecule has 150 valence electrons. The lowest BCUT2D eigenvalue weighted by Crippen LogP contribution is -2.37. The smallest absolute Gasteiger partial charge is 0.293 e. The largest absolute Gasteiger partial charge is 0.461 e. The molecule has 0 radical (unpaired) electrons. The lowest BCUT2D eigenvalue weighted by Gasteiger charge is -2.29. The molecule has 1 aromatic carbocycles. The van der Waals surface area contributed by atoms with Crippen molar-refractivity contribution in [3.05, 3.63) is 36.4 Å². The molecule has 0 amide bonds. The highest BCUT2D eigenvalue weighted by Gasteiger charge is 2.17. The zero-order chi connectivity index (χ0) is 19.5. The van der Waals surface area contributed by atoms with E-state index in [0.29, 0.717) is 25.2 Å². The molecule has 1 saturated heterocycles. The van der Waals surface area contributed by atoms with Gasteiger partial charge >= 0.3 is 0 Å². The van der Waals surface area contributed by atoms with Crippen LogP contribution >= 0.6 is 11.8 Å². The predicted octanol–water partition coefficient (Wildman–Crippen LogP) is 2.16. The monoisotopic (exact) mass is 396 g/mol. The first-order chi connectivity index (χ1) is 13.2. The van der Waals surface area contributed by atoms with Crippen molar-refractivity contribution in [1.29, 1.82) is 0 Å². The molecule has 0 bridgehead atoms. The molecule has 0 spiro atoms. The van der Waals surface area contributed by atoms with Gasteiger partial charge in [-0.25, -0.2) is 4.39 Å². The number of anilines is 2. The zero-order valence-electron chi connectivity index (χ0n) is 15.8. The Morgan fingerprint density at radius 2 is 2.15 bits per heavy atom. The van der Waals surface area contributed by atoms with Crippen LogP contribution in [0.3, 0.4) is 0 Å². The molecule has 1 atom stereocenters. The van der Waals surface area contributed by atoms with Crippen LogP contribution in [0.15, 0.2) is 30.6 Å². The van der Waals surface area contributed by atoms with Crippen molar-refractivity contribution in [2.45, 2.75) is 18.9 Å². The van der Waals surface area contributed by atoms with Crippen molar-refractivity contribution in [3.8, 4) is 0 Å². The van der Waals surface area contributed by atoms with Crippen LogP contribution in [-0.2, 0) is 9.53 Å². The highest BCUT2D eigenvalue weighted by Crippen LogP contribution is 2.26. The summed E-state index contributed by atoms with van der Waals surface area (Å²) in [5.41, 5.74) is 6.69. The highest BCUT2D eigenvalue weighted by atomic mass is 32.2. The summed E-state index contributed by atoms with van der Waals surface area (Å²) < 4.78 is 19.9. The molecule has 1 aliphatic heterocycles. The lowest BCUT2D eigenvalue weighted by molar-refractivity contribution is -0.132. The van der Waals surface area contributed by atoms with Crippen molar-refractivity contribution < 1.29 is 13.9 Å². The van der Waals surface area contributed by atoms with Gasteiger partial charge in [0.15, 0.2) is 0 Å². The summed E-state index contributed by atoms with van der Waals surface area (Å²) in [5.74, 6) is 2.04. The standard InChI is InChI=1S/C19H29FN4O2S/c1-23(14-17(26-15-25)13-22-7-6-21)16-4-5-19(18(20)12-16)24-8-2-10-27-11-3-9-24/h4-7,12,15,17,22H,2-3,8-11,13-14,21H2,1H3/b7-6-. The summed E-state index contributed by atoms with van der Waals surface area (Å²) in [7, 11) is 1.85. The Labute approximate surface area is 164 Å².